The number of ether oxygens (including phenoxy) is 3. The van der Waals surface area contributed by atoms with E-state index in [2.05, 4.69) is 20.4 Å². The van der Waals surface area contributed by atoms with Crippen LogP contribution in [0.15, 0.2) is 16.7 Å². The van der Waals surface area contributed by atoms with Crippen LogP contribution in [0.4, 0.5) is 11.8 Å². The molecule has 0 aromatic carbocycles. The van der Waals surface area contributed by atoms with E-state index in [4.69, 9.17) is 18.7 Å². The third kappa shape index (κ3) is 4.90. The molecule has 0 spiro atoms. The van der Waals surface area contributed by atoms with Gasteiger partial charge in [0.05, 0.1) is 25.5 Å². The van der Waals surface area contributed by atoms with Crippen LogP contribution in [-0.4, -0.2) is 61.1 Å². The minimum absolute atomic E-state index is 0.210. The van der Waals surface area contributed by atoms with Crippen molar-refractivity contribution in [2.45, 2.75) is 13.5 Å². The van der Waals surface area contributed by atoms with Crippen LogP contribution in [0.25, 0.3) is 0 Å². The number of methoxy groups -OCH3 is 1. The van der Waals surface area contributed by atoms with E-state index in [0.717, 1.165) is 0 Å². The SMILES string of the molecule is COCc1cc(OCC(=O)Nc2cc(C)on2)nc(N2CCOCC2)n1. The number of hydrogen-bond acceptors (Lipinski definition) is 9. The van der Waals surface area contributed by atoms with Gasteiger partial charge in [-0.15, -0.1) is 0 Å². The fourth-order valence-electron chi connectivity index (χ4n) is 2.40. The van der Waals surface area contributed by atoms with Gasteiger partial charge in [0.2, 0.25) is 11.8 Å². The first-order valence-corrected chi connectivity index (χ1v) is 8.19. The van der Waals surface area contributed by atoms with Crippen molar-refractivity contribution in [3.05, 3.63) is 23.6 Å². The van der Waals surface area contributed by atoms with Gasteiger partial charge >= 0.3 is 0 Å². The van der Waals surface area contributed by atoms with Crippen molar-refractivity contribution in [2.75, 3.05) is 50.2 Å². The Labute approximate surface area is 150 Å². The van der Waals surface area contributed by atoms with Gasteiger partial charge in [-0.05, 0) is 6.92 Å². The first kappa shape index (κ1) is 18.1. The van der Waals surface area contributed by atoms with Crippen molar-refractivity contribution in [3.63, 3.8) is 0 Å². The average Bonchev–Trinajstić information content (AvgIpc) is 3.05. The number of nitrogens with zero attached hydrogens (tertiary/aromatic N) is 4. The lowest BCUT2D eigenvalue weighted by molar-refractivity contribution is -0.118. The number of hydrogen-bond donors (Lipinski definition) is 1. The Morgan fingerprint density at radius 2 is 2.12 bits per heavy atom. The molecular weight excluding hydrogens is 342 g/mol. The summed E-state index contributed by atoms with van der Waals surface area (Å²) in [4.78, 5) is 22.9. The number of nitrogens with one attached hydrogen (secondary N) is 1. The van der Waals surface area contributed by atoms with Gasteiger partial charge in [0, 0.05) is 32.3 Å². The summed E-state index contributed by atoms with van der Waals surface area (Å²) in [6.45, 7) is 4.48. The smallest absolute Gasteiger partial charge is 0.263 e. The summed E-state index contributed by atoms with van der Waals surface area (Å²) in [5.41, 5.74) is 0.673. The monoisotopic (exact) mass is 363 g/mol. The van der Waals surface area contributed by atoms with Crippen LogP contribution in [0.3, 0.4) is 0 Å². The molecule has 0 saturated carbocycles. The van der Waals surface area contributed by atoms with E-state index < -0.39 is 0 Å². The van der Waals surface area contributed by atoms with Crippen LogP contribution in [-0.2, 0) is 20.9 Å². The zero-order valence-electron chi connectivity index (χ0n) is 14.7. The topological polar surface area (TPSA) is 112 Å². The van der Waals surface area contributed by atoms with Crippen LogP contribution < -0.4 is 15.0 Å². The van der Waals surface area contributed by atoms with Crippen LogP contribution >= 0.6 is 0 Å². The third-order valence-corrected chi connectivity index (χ3v) is 3.58. The van der Waals surface area contributed by atoms with Gasteiger partial charge in [0.1, 0.15) is 5.76 Å². The zero-order chi connectivity index (χ0) is 18.4. The fourth-order valence-corrected chi connectivity index (χ4v) is 2.40. The van der Waals surface area contributed by atoms with Gasteiger partial charge in [-0.25, -0.2) is 4.98 Å². The van der Waals surface area contributed by atoms with E-state index in [1.807, 2.05) is 4.90 Å². The number of aryl methyl sites for hydroxylation is 1. The molecule has 0 unspecified atom stereocenters. The van der Waals surface area contributed by atoms with Crippen LogP contribution in [0.1, 0.15) is 11.5 Å². The second-order valence-corrected chi connectivity index (χ2v) is 5.69. The number of rotatable bonds is 7. The van der Waals surface area contributed by atoms with Crippen molar-refractivity contribution >= 4 is 17.7 Å². The zero-order valence-corrected chi connectivity index (χ0v) is 14.7. The molecule has 2 aromatic rings. The highest BCUT2D eigenvalue weighted by atomic mass is 16.5. The Morgan fingerprint density at radius 1 is 1.31 bits per heavy atom. The molecule has 0 radical (unpaired) electrons. The molecule has 2 aromatic heterocycles. The average molecular weight is 363 g/mol. The molecule has 1 saturated heterocycles. The number of anilines is 2. The molecule has 0 atom stereocenters. The molecule has 140 valence electrons. The minimum atomic E-state index is -0.363. The first-order valence-electron chi connectivity index (χ1n) is 8.19. The third-order valence-electron chi connectivity index (χ3n) is 3.58. The molecule has 0 bridgehead atoms. The van der Waals surface area contributed by atoms with E-state index in [0.29, 0.717) is 62.0 Å². The Kier molecular flexibility index (Phi) is 5.97. The van der Waals surface area contributed by atoms with E-state index in [1.165, 1.54) is 0 Å². The van der Waals surface area contributed by atoms with Crippen LogP contribution in [0.2, 0.25) is 0 Å². The molecule has 1 amide bonds. The summed E-state index contributed by atoms with van der Waals surface area (Å²) in [6, 6.07) is 3.27. The molecule has 10 nitrogen and oxygen atoms in total. The molecule has 1 aliphatic heterocycles. The molecule has 0 aliphatic carbocycles. The van der Waals surface area contributed by atoms with Crippen LogP contribution in [0.5, 0.6) is 5.88 Å². The number of aromatic nitrogens is 3. The van der Waals surface area contributed by atoms with E-state index in [1.54, 1.807) is 26.2 Å². The predicted molar refractivity (Wildman–Crippen MR) is 91.1 cm³/mol. The largest absolute Gasteiger partial charge is 0.467 e. The number of carbonyl (C=O) groups is 1. The lowest BCUT2D eigenvalue weighted by Gasteiger charge is -2.27. The maximum absolute atomic E-state index is 12.0. The standard InChI is InChI=1S/C16H21N5O5/c1-11-7-13(20-26-11)18-14(22)10-25-15-8-12(9-23-2)17-16(19-15)21-3-5-24-6-4-21/h7-8H,3-6,9-10H2,1-2H3,(H,18,20,22). The lowest BCUT2D eigenvalue weighted by Crippen LogP contribution is -2.37. The molecule has 1 N–H and O–H groups in total. The van der Waals surface area contributed by atoms with Crippen molar-refractivity contribution in [2.24, 2.45) is 0 Å². The summed E-state index contributed by atoms with van der Waals surface area (Å²) in [6.07, 6.45) is 0. The van der Waals surface area contributed by atoms with Crippen molar-refractivity contribution in [3.8, 4) is 5.88 Å². The Bertz CT molecular complexity index is 744. The Balaban J connectivity index is 1.65. The Hall–Kier alpha value is -2.72. The summed E-state index contributed by atoms with van der Waals surface area (Å²) in [5, 5.41) is 6.29. The van der Waals surface area contributed by atoms with E-state index >= 15 is 0 Å². The highest BCUT2D eigenvalue weighted by Gasteiger charge is 2.17. The molecule has 1 aliphatic rings. The summed E-state index contributed by atoms with van der Waals surface area (Å²) < 4.78 is 20.9. The van der Waals surface area contributed by atoms with E-state index in [-0.39, 0.29) is 12.5 Å². The molecule has 26 heavy (non-hydrogen) atoms. The Morgan fingerprint density at radius 3 is 2.81 bits per heavy atom. The maximum Gasteiger partial charge on any atom is 0.263 e. The van der Waals surface area contributed by atoms with Gasteiger partial charge in [-0.2, -0.15) is 4.98 Å². The maximum atomic E-state index is 12.0. The number of morpholine rings is 1. The van der Waals surface area contributed by atoms with Gasteiger partial charge in [-0.1, -0.05) is 5.16 Å². The van der Waals surface area contributed by atoms with Gasteiger partial charge in [0.15, 0.2) is 12.4 Å². The fraction of sp³-hybridized carbons (Fsp3) is 0.500. The highest BCUT2D eigenvalue weighted by Crippen LogP contribution is 2.18. The molecule has 3 heterocycles. The van der Waals surface area contributed by atoms with Gasteiger partial charge in [-0.3, -0.25) is 4.79 Å². The first-order chi connectivity index (χ1) is 12.6. The van der Waals surface area contributed by atoms with Crippen molar-refractivity contribution in [1.29, 1.82) is 0 Å². The molecular formula is C16H21N5O5. The molecule has 10 heteroatoms. The highest BCUT2D eigenvalue weighted by molar-refractivity contribution is 5.90. The molecule has 3 rings (SSSR count). The van der Waals surface area contributed by atoms with Gasteiger partial charge in [0.25, 0.3) is 5.91 Å². The van der Waals surface area contributed by atoms with Crippen molar-refractivity contribution in [1.82, 2.24) is 15.1 Å². The number of amides is 1. The molecule has 1 fully saturated rings. The quantitative estimate of drug-likeness (QED) is 0.762. The summed E-state index contributed by atoms with van der Waals surface area (Å²) >= 11 is 0. The van der Waals surface area contributed by atoms with Crippen LogP contribution in [0, 0.1) is 6.92 Å². The van der Waals surface area contributed by atoms with E-state index in [9.17, 15) is 4.79 Å². The second kappa shape index (κ2) is 8.59. The minimum Gasteiger partial charge on any atom is -0.467 e. The predicted octanol–water partition coefficient (Wildman–Crippen LogP) is 0.774. The summed E-state index contributed by atoms with van der Waals surface area (Å²) in [7, 11) is 1.59. The normalized spacial score (nSPS) is 14.3. The second-order valence-electron chi connectivity index (χ2n) is 5.69. The number of carbonyl (C=O) groups excluding carboxylic acids is 1. The van der Waals surface area contributed by atoms with Gasteiger partial charge < -0.3 is 29.0 Å². The summed E-state index contributed by atoms with van der Waals surface area (Å²) in [5.74, 6) is 1.42. The van der Waals surface area contributed by atoms with Crippen molar-refractivity contribution < 1.29 is 23.5 Å². The lowest BCUT2D eigenvalue weighted by atomic mass is 10.4.